The predicted molar refractivity (Wildman–Crippen MR) is 81.0 cm³/mol. The monoisotopic (exact) mass is 351 g/mol. The first-order valence-corrected chi connectivity index (χ1v) is 6.65. The van der Waals surface area contributed by atoms with Crippen LogP contribution in [0.4, 0.5) is 10.1 Å². The Balaban J connectivity index is 2.18. The molecule has 0 saturated carbocycles. The van der Waals surface area contributed by atoms with Crippen LogP contribution in [-0.2, 0) is 0 Å². The maximum Gasteiger partial charge on any atom is 0.256 e. The van der Waals surface area contributed by atoms with Crippen molar-refractivity contribution in [3.8, 4) is 0 Å². The Morgan fingerprint density at radius 2 is 1.90 bits per heavy atom. The lowest BCUT2D eigenvalue weighted by Gasteiger charge is -2.08. The predicted octanol–water partition coefficient (Wildman–Crippen LogP) is 2.94. The van der Waals surface area contributed by atoms with Crippen molar-refractivity contribution in [1.29, 1.82) is 0 Å². The van der Waals surface area contributed by atoms with E-state index >= 15 is 0 Å². The molecule has 0 bridgehead atoms. The molecule has 1 amide bonds. The molecule has 108 valence electrons. The number of hydrogen-bond donors (Lipinski definition) is 3. The van der Waals surface area contributed by atoms with Crippen molar-refractivity contribution in [2.75, 3.05) is 5.32 Å². The number of amides is 1. The molecule has 0 heterocycles. The molecule has 2 rings (SSSR count). The summed E-state index contributed by atoms with van der Waals surface area (Å²) in [4.78, 5) is 12.1. The molecular formula is C14H11BrFN3O2. The number of amidine groups is 1. The van der Waals surface area contributed by atoms with Gasteiger partial charge in [-0.1, -0.05) is 11.2 Å². The molecule has 7 heteroatoms. The Morgan fingerprint density at radius 3 is 2.52 bits per heavy atom. The Morgan fingerprint density at radius 1 is 1.24 bits per heavy atom. The van der Waals surface area contributed by atoms with Crippen LogP contribution in [0.15, 0.2) is 52.1 Å². The second-order valence-corrected chi connectivity index (χ2v) is 4.91. The molecule has 0 aliphatic rings. The van der Waals surface area contributed by atoms with Gasteiger partial charge in [-0.25, -0.2) is 4.39 Å². The first-order valence-electron chi connectivity index (χ1n) is 5.86. The minimum atomic E-state index is -0.509. The number of benzene rings is 2. The Kier molecular flexibility index (Phi) is 4.54. The van der Waals surface area contributed by atoms with E-state index in [2.05, 4.69) is 26.4 Å². The zero-order valence-corrected chi connectivity index (χ0v) is 12.3. The number of anilines is 1. The summed E-state index contributed by atoms with van der Waals surface area (Å²) in [6.07, 6.45) is 0. The first kappa shape index (κ1) is 15.0. The van der Waals surface area contributed by atoms with E-state index in [4.69, 9.17) is 10.9 Å². The van der Waals surface area contributed by atoms with Crippen molar-refractivity contribution < 1.29 is 14.4 Å². The highest BCUT2D eigenvalue weighted by atomic mass is 79.9. The maximum absolute atomic E-state index is 13.4. The molecule has 0 aliphatic heterocycles. The molecule has 2 aromatic rings. The topological polar surface area (TPSA) is 87.7 Å². The Hall–Kier alpha value is -2.41. The second kappa shape index (κ2) is 6.36. The Bertz CT molecular complexity index is 702. The number of nitrogens with one attached hydrogen (secondary N) is 1. The van der Waals surface area contributed by atoms with Crippen molar-refractivity contribution in [2.24, 2.45) is 10.9 Å². The summed E-state index contributed by atoms with van der Waals surface area (Å²) in [6.45, 7) is 0. The molecule has 4 N–H and O–H groups in total. The number of rotatable bonds is 3. The normalized spacial score (nSPS) is 11.2. The van der Waals surface area contributed by atoms with E-state index in [1.807, 2.05) is 0 Å². The average molecular weight is 352 g/mol. The third kappa shape index (κ3) is 3.38. The molecule has 2 aromatic carbocycles. The van der Waals surface area contributed by atoms with Gasteiger partial charge in [0.25, 0.3) is 5.91 Å². The largest absolute Gasteiger partial charge is 0.409 e. The van der Waals surface area contributed by atoms with Gasteiger partial charge in [-0.05, 0) is 52.3 Å². The van der Waals surface area contributed by atoms with E-state index in [0.717, 1.165) is 0 Å². The second-order valence-electron chi connectivity index (χ2n) is 4.12. The fourth-order valence-electron chi connectivity index (χ4n) is 1.66. The number of carbonyl (C=O) groups excluding carboxylic acids is 1. The van der Waals surface area contributed by atoms with Crippen LogP contribution in [0, 0.1) is 5.82 Å². The van der Waals surface area contributed by atoms with Gasteiger partial charge in [0, 0.05) is 11.3 Å². The smallest absolute Gasteiger partial charge is 0.256 e. The van der Waals surface area contributed by atoms with Crippen LogP contribution in [0.3, 0.4) is 0 Å². The SMILES string of the molecule is N/C(=N/O)c1ccc(NC(=O)c2cccc(F)c2Br)cc1. The molecule has 0 fully saturated rings. The van der Waals surface area contributed by atoms with Gasteiger partial charge in [0.05, 0.1) is 10.0 Å². The van der Waals surface area contributed by atoms with E-state index < -0.39 is 11.7 Å². The fourth-order valence-corrected chi connectivity index (χ4v) is 2.10. The quantitative estimate of drug-likeness (QED) is 0.344. The van der Waals surface area contributed by atoms with Crippen LogP contribution in [0.25, 0.3) is 0 Å². The van der Waals surface area contributed by atoms with Gasteiger partial charge in [-0.2, -0.15) is 0 Å². The van der Waals surface area contributed by atoms with Crippen LogP contribution < -0.4 is 11.1 Å². The van der Waals surface area contributed by atoms with E-state index in [1.165, 1.54) is 18.2 Å². The van der Waals surface area contributed by atoms with Crippen LogP contribution in [0.1, 0.15) is 15.9 Å². The highest BCUT2D eigenvalue weighted by Gasteiger charge is 2.13. The van der Waals surface area contributed by atoms with Crippen molar-refractivity contribution in [1.82, 2.24) is 0 Å². The van der Waals surface area contributed by atoms with Crippen molar-refractivity contribution in [3.05, 3.63) is 63.9 Å². The molecule has 0 spiro atoms. The molecule has 0 radical (unpaired) electrons. The van der Waals surface area contributed by atoms with E-state index in [9.17, 15) is 9.18 Å². The van der Waals surface area contributed by atoms with E-state index in [-0.39, 0.29) is 15.9 Å². The minimum Gasteiger partial charge on any atom is -0.409 e. The van der Waals surface area contributed by atoms with Crippen LogP contribution in [0.2, 0.25) is 0 Å². The van der Waals surface area contributed by atoms with Gasteiger partial charge >= 0.3 is 0 Å². The molecule has 0 unspecified atom stereocenters. The number of halogens is 2. The highest BCUT2D eigenvalue weighted by molar-refractivity contribution is 9.10. The standard InChI is InChI=1S/C14H11BrFN3O2/c15-12-10(2-1-3-11(12)16)14(20)18-9-6-4-8(5-7-9)13(17)19-21/h1-7,21H,(H2,17,19)(H,18,20). The van der Waals surface area contributed by atoms with Crippen molar-refractivity contribution in [3.63, 3.8) is 0 Å². The molecule has 0 atom stereocenters. The van der Waals surface area contributed by atoms with E-state index in [1.54, 1.807) is 24.3 Å². The summed E-state index contributed by atoms with van der Waals surface area (Å²) >= 11 is 3.04. The summed E-state index contributed by atoms with van der Waals surface area (Å²) in [5.41, 5.74) is 6.65. The number of carbonyl (C=O) groups is 1. The lowest BCUT2D eigenvalue weighted by atomic mass is 10.1. The molecule has 21 heavy (non-hydrogen) atoms. The lowest BCUT2D eigenvalue weighted by molar-refractivity contribution is 0.102. The summed E-state index contributed by atoms with van der Waals surface area (Å²) in [6, 6.07) is 10.6. The molecule has 0 saturated heterocycles. The van der Waals surface area contributed by atoms with Gasteiger partial charge in [0.1, 0.15) is 5.82 Å². The maximum atomic E-state index is 13.4. The zero-order valence-electron chi connectivity index (χ0n) is 10.7. The number of nitrogens with zero attached hydrogens (tertiary/aromatic N) is 1. The molecule has 0 aromatic heterocycles. The first-order chi connectivity index (χ1) is 10.0. The van der Waals surface area contributed by atoms with Crippen LogP contribution >= 0.6 is 15.9 Å². The molecule has 5 nitrogen and oxygen atoms in total. The number of nitrogens with two attached hydrogens (primary N) is 1. The van der Waals surface area contributed by atoms with Gasteiger partial charge < -0.3 is 16.3 Å². The number of hydrogen-bond acceptors (Lipinski definition) is 3. The van der Waals surface area contributed by atoms with E-state index in [0.29, 0.717) is 11.3 Å². The number of oxime groups is 1. The third-order valence-corrected chi connectivity index (χ3v) is 3.55. The molecular weight excluding hydrogens is 341 g/mol. The lowest BCUT2D eigenvalue weighted by Crippen LogP contribution is -2.15. The van der Waals surface area contributed by atoms with Crippen molar-refractivity contribution in [2.45, 2.75) is 0 Å². The summed E-state index contributed by atoms with van der Waals surface area (Å²) in [5, 5.41) is 14.1. The van der Waals surface area contributed by atoms with Crippen molar-refractivity contribution >= 4 is 33.4 Å². The van der Waals surface area contributed by atoms with Gasteiger partial charge in [0.15, 0.2) is 5.84 Å². The molecule has 0 aliphatic carbocycles. The fraction of sp³-hybridized carbons (Fsp3) is 0. The third-order valence-electron chi connectivity index (χ3n) is 2.74. The average Bonchev–Trinajstić information content (AvgIpc) is 2.50. The summed E-state index contributed by atoms with van der Waals surface area (Å²) in [5.74, 6) is -0.983. The summed E-state index contributed by atoms with van der Waals surface area (Å²) in [7, 11) is 0. The zero-order chi connectivity index (χ0) is 15.4. The highest BCUT2D eigenvalue weighted by Crippen LogP contribution is 2.21. The summed E-state index contributed by atoms with van der Waals surface area (Å²) < 4.78 is 13.5. The minimum absolute atomic E-state index is 0.0271. The van der Waals surface area contributed by atoms with Crippen LogP contribution in [-0.4, -0.2) is 17.0 Å². The Labute approximate surface area is 128 Å². The van der Waals surface area contributed by atoms with Gasteiger partial charge in [-0.3, -0.25) is 4.79 Å². The van der Waals surface area contributed by atoms with Crippen LogP contribution in [0.5, 0.6) is 0 Å². The van der Waals surface area contributed by atoms with Gasteiger partial charge in [-0.15, -0.1) is 0 Å². The van der Waals surface area contributed by atoms with Gasteiger partial charge in [0.2, 0.25) is 0 Å².